The number of piperidine rings is 1. The molecule has 2 aromatic rings. The second-order valence-corrected chi connectivity index (χ2v) is 7.45. The average Bonchev–Trinajstić information content (AvgIpc) is 2.85. The molecule has 0 radical (unpaired) electrons. The Balaban J connectivity index is 1.46. The van der Waals surface area contributed by atoms with Crippen molar-refractivity contribution in [3.63, 3.8) is 0 Å². The van der Waals surface area contributed by atoms with Crippen LogP contribution in [-0.2, 0) is 0 Å². The van der Waals surface area contributed by atoms with E-state index in [0.717, 1.165) is 55.8 Å². The Morgan fingerprint density at radius 2 is 1.96 bits per heavy atom. The molecular formula is C18H21N3O2S. The highest BCUT2D eigenvalue weighted by atomic mass is 32.1. The molecule has 3 aliphatic rings. The van der Waals surface area contributed by atoms with E-state index in [-0.39, 0.29) is 11.6 Å². The largest absolute Gasteiger partial charge is 0.414 e. The van der Waals surface area contributed by atoms with Crippen molar-refractivity contribution in [2.45, 2.75) is 31.2 Å². The van der Waals surface area contributed by atoms with Crippen molar-refractivity contribution in [3.8, 4) is 16.3 Å². The molecule has 6 heteroatoms. The number of benzene rings is 1. The van der Waals surface area contributed by atoms with Crippen LogP contribution in [0.3, 0.4) is 0 Å². The van der Waals surface area contributed by atoms with E-state index in [1.54, 1.807) is 5.51 Å². The SMILES string of the molecule is O=C(NC12CCCN(CC1)CC2)Oc1ncsc1-c1ccccc1. The molecule has 5 nitrogen and oxygen atoms in total. The summed E-state index contributed by atoms with van der Waals surface area (Å²) in [5, 5.41) is 3.15. The smallest absolute Gasteiger partial charge is 0.390 e. The van der Waals surface area contributed by atoms with Crippen LogP contribution >= 0.6 is 11.3 Å². The number of rotatable bonds is 3. The summed E-state index contributed by atoms with van der Waals surface area (Å²) >= 11 is 1.48. The van der Waals surface area contributed by atoms with Gasteiger partial charge >= 0.3 is 6.09 Å². The highest BCUT2D eigenvalue weighted by molar-refractivity contribution is 7.13. The lowest BCUT2D eigenvalue weighted by atomic mass is 9.86. The van der Waals surface area contributed by atoms with E-state index >= 15 is 0 Å². The van der Waals surface area contributed by atoms with Gasteiger partial charge in [0.15, 0.2) is 0 Å². The molecule has 0 atom stereocenters. The van der Waals surface area contributed by atoms with Crippen molar-refractivity contribution in [2.75, 3.05) is 19.6 Å². The molecule has 3 saturated heterocycles. The maximum Gasteiger partial charge on any atom is 0.414 e. The van der Waals surface area contributed by atoms with Crippen LogP contribution in [0.25, 0.3) is 10.4 Å². The number of thiazole rings is 1. The number of fused-ring (bicyclic) bond motifs is 4. The van der Waals surface area contributed by atoms with E-state index in [0.29, 0.717) is 5.88 Å². The minimum absolute atomic E-state index is 0.104. The normalized spacial score (nSPS) is 25.9. The zero-order valence-electron chi connectivity index (χ0n) is 13.5. The van der Waals surface area contributed by atoms with Gasteiger partial charge in [0.1, 0.15) is 0 Å². The second kappa shape index (κ2) is 6.53. The van der Waals surface area contributed by atoms with Crippen molar-refractivity contribution in [3.05, 3.63) is 35.8 Å². The molecule has 1 aromatic heterocycles. The second-order valence-electron chi connectivity index (χ2n) is 6.59. The first-order chi connectivity index (χ1) is 11.7. The van der Waals surface area contributed by atoms with E-state index in [2.05, 4.69) is 15.2 Å². The van der Waals surface area contributed by atoms with Crippen LogP contribution in [-0.4, -0.2) is 41.2 Å². The molecule has 0 spiro atoms. The Morgan fingerprint density at radius 3 is 2.75 bits per heavy atom. The van der Waals surface area contributed by atoms with Gasteiger partial charge in [-0.3, -0.25) is 0 Å². The zero-order valence-corrected chi connectivity index (χ0v) is 14.3. The quantitative estimate of drug-likeness (QED) is 0.926. The summed E-state index contributed by atoms with van der Waals surface area (Å²) in [5.74, 6) is 0.395. The molecule has 2 bridgehead atoms. The van der Waals surface area contributed by atoms with Gasteiger partial charge in [-0.05, 0) is 37.8 Å². The van der Waals surface area contributed by atoms with Crippen LogP contribution in [0.4, 0.5) is 4.79 Å². The first-order valence-electron chi connectivity index (χ1n) is 8.45. The number of nitrogens with zero attached hydrogens (tertiary/aromatic N) is 2. The number of hydrogen-bond donors (Lipinski definition) is 1. The predicted molar refractivity (Wildman–Crippen MR) is 94.3 cm³/mol. The van der Waals surface area contributed by atoms with Crippen LogP contribution < -0.4 is 10.1 Å². The lowest BCUT2D eigenvalue weighted by molar-refractivity contribution is 0.148. The van der Waals surface area contributed by atoms with Crippen molar-refractivity contribution in [1.29, 1.82) is 0 Å². The van der Waals surface area contributed by atoms with Crippen molar-refractivity contribution >= 4 is 17.4 Å². The van der Waals surface area contributed by atoms with E-state index < -0.39 is 0 Å². The molecular weight excluding hydrogens is 322 g/mol. The number of hydrogen-bond acceptors (Lipinski definition) is 5. The van der Waals surface area contributed by atoms with Crippen LogP contribution in [0.2, 0.25) is 0 Å². The first kappa shape index (κ1) is 15.6. The molecule has 1 amide bonds. The van der Waals surface area contributed by atoms with Crippen LogP contribution in [0.15, 0.2) is 35.8 Å². The van der Waals surface area contributed by atoms with Gasteiger partial charge in [0.2, 0.25) is 5.88 Å². The molecule has 1 N–H and O–H groups in total. The number of amides is 1. The Kier molecular flexibility index (Phi) is 4.24. The summed E-state index contributed by atoms with van der Waals surface area (Å²) in [4.78, 5) is 20.1. The molecule has 4 heterocycles. The topological polar surface area (TPSA) is 54.5 Å². The van der Waals surface area contributed by atoms with Crippen molar-refractivity contribution < 1.29 is 9.53 Å². The number of nitrogens with one attached hydrogen (secondary N) is 1. The van der Waals surface area contributed by atoms with Crippen LogP contribution in [0.1, 0.15) is 25.7 Å². The summed E-state index contributed by atoms with van der Waals surface area (Å²) in [5.41, 5.74) is 2.63. The lowest BCUT2D eigenvalue weighted by Gasteiger charge is -2.38. The Morgan fingerprint density at radius 1 is 1.17 bits per heavy atom. The minimum atomic E-state index is -0.381. The highest BCUT2D eigenvalue weighted by Crippen LogP contribution is 2.34. The van der Waals surface area contributed by atoms with Gasteiger partial charge in [0.05, 0.1) is 10.4 Å². The summed E-state index contributed by atoms with van der Waals surface area (Å²) in [6, 6.07) is 9.90. The van der Waals surface area contributed by atoms with Gasteiger partial charge < -0.3 is 15.0 Å². The fourth-order valence-electron chi connectivity index (χ4n) is 3.70. The molecule has 0 unspecified atom stereocenters. The van der Waals surface area contributed by atoms with Gasteiger partial charge in [0, 0.05) is 18.6 Å². The monoisotopic (exact) mass is 343 g/mol. The highest BCUT2D eigenvalue weighted by Gasteiger charge is 2.38. The van der Waals surface area contributed by atoms with E-state index in [1.165, 1.54) is 11.3 Å². The van der Waals surface area contributed by atoms with Gasteiger partial charge in [-0.25, -0.2) is 9.78 Å². The summed E-state index contributed by atoms with van der Waals surface area (Å²) in [6.07, 6.45) is 3.79. The Hall–Kier alpha value is -1.92. The molecule has 3 fully saturated rings. The lowest BCUT2D eigenvalue weighted by Crippen LogP contribution is -2.53. The number of aromatic nitrogens is 1. The van der Waals surface area contributed by atoms with Crippen LogP contribution in [0.5, 0.6) is 5.88 Å². The molecule has 126 valence electrons. The third kappa shape index (κ3) is 3.16. The molecule has 3 aliphatic heterocycles. The fraction of sp³-hybridized carbons (Fsp3) is 0.444. The van der Waals surface area contributed by atoms with Crippen LogP contribution in [0, 0.1) is 0 Å². The average molecular weight is 343 g/mol. The summed E-state index contributed by atoms with van der Waals surface area (Å²) in [7, 11) is 0. The third-order valence-corrected chi connectivity index (χ3v) is 5.93. The third-order valence-electron chi connectivity index (χ3n) is 5.07. The van der Waals surface area contributed by atoms with E-state index in [9.17, 15) is 4.79 Å². The summed E-state index contributed by atoms with van der Waals surface area (Å²) in [6.45, 7) is 3.27. The standard InChI is InChI=1S/C18H21N3O2S/c22-17(20-18-7-4-10-21(11-8-18)12-9-18)23-16-15(24-13-19-16)14-5-2-1-3-6-14/h1-3,5-6,13H,4,7-12H2,(H,20,22). The minimum Gasteiger partial charge on any atom is -0.390 e. The van der Waals surface area contributed by atoms with Crippen molar-refractivity contribution in [1.82, 2.24) is 15.2 Å². The molecule has 0 saturated carbocycles. The van der Waals surface area contributed by atoms with E-state index in [4.69, 9.17) is 4.74 Å². The molecule has 1 aromatic carbocycles. The maximum atomic E-state index is 12.5. The zero-order chi connectivity index (χ0) is 16.4. The molecule has 5 rings (SSSR count). The fourth-order valence-corrected chi connectivity index (χ4v) is 4.42. The Labute approximate surface area is 145 Å². The van der Waals surface area contributed by atoms with Gasteiger partial charge in [0.25, 0.3) is 0 Å². The first-order valence-corrected chi connectivity index (χ1v) is 9.33. The van der Waals surface area contributed by atoms with Crippen molar-refractivity contribution in [2.24, 2.45) is 0 Å². The number of carbonyl (C=O) groups excluding carboxylic acids is 1. The molecule has 0 aliphatic carbocycles. The Bertz CT molecular complexity index is 703. The number of ether oxygens (including phenoxy) is 1. The number of carbonyl (C=O) groups is 1. The maximum absolute atomic E-state index is 12.5. The van der Waals surface area contributed by atoms with E-state index in [1.807, 2.05) is 30.3 Å². The molecule has 24 heavy (non-hydrogen) atoms. The predicted octanol–water partition coefficient (Wildman–Crippen LogP) is 3.53. The van der Waals surface area contributed by atoms with Gasteiger partial charge in [-0.2, -0.15) is 0 Å². The summed E-state index contributed by atoms with van der Waals surface area (Å²) < 4.78 is 5.56. The van der Waals surface area contributed by atoms with Gasteiger partial charge in [-0.1, -0.05) is 30.3 Å². The van der Waals surface area contributed by atoms with Gasteiger partial charge in [-0.15, -0.1) is 11.3 Å².